The van der Waals surface area contributed by atoms with E-state index in [0.717, 1.165) is 16.8 Å². The third kappa shape index (κ3) is 2.95. The molecule has 0 radical (unpaired) electrons. The minimum Gasteiger partial charge on any atom is -0.465 e. The number of hydrogen-bond acceptors (Lipinski definition) is 2. The van der Waals surface area contributed by atoms with E-state index in [1.54, 1.807) is 36.5 Å². The summed E-state index contributed by atoms with van der Waals surface area (Å²) in [6, 6.07) is 13.0. The van der Waals surface area contributed by atoms with E-state index >= 15 is 0 Å². The van der Waals surface area contributed by atoms with Crippen molar-refractivity contribution in [3.05, 3.63) is 60.5 Å². The molecule has 0 atom stereocenters. The van der Waals surface area contributed by atoms with Gasteiger partial charge in [0.05, 0.1) is 11.9 Å². The van der Waals surface area contributed by atoms with Crippen molar-refractivity contribution in [1.29, 1.82) is 0 Å². The average molecular weight is 297 g/mol. The lowest BCUT2D eigenvalue weighted by molar-refractivity contribution is 0.210. The highest BCUT2D eigenvalue weighted by Gasteiger charge is 2.07. The van der Waals surface area contributed by atoms with Gasteiger partial charge in [-0.2, -0.15) is 0 Å². The summed E-state index contributed by atoms with van der Waals surface area (Å²) in [5.41, 5.74) is 2.79. The van der Waals surface area contributed by atoms with E-state index in [9.17, 15) is 9.18 Å². The number of nitrogens with one attached hydrogen (secondary N) is 2. The van der Waals surface area contributed by atoms with Crippen LogP contribution in [0.15, 0.2) is 54.7 Å². The molecule has 2 aromatic carbocycles. The largest absolute Gasteiger partial charge is 0.465 e. The Balaban J connectivity index is 1.90. The lowest BCUT2D eigenvalue weighted by atomic mass is 10.1. The highest BCUT2D eigenvalue weighted by atomic mass is 19.1. The minimum atomic E-state index is -1.12. The summed E-state index contributed by atoms with van der Waals surface area (Å²) in [4.78, 5) is 18.1. The van der Waals surface area contributed by atoms with Crippen molar-refractivity contribution in [2.75, 3.05) is 5.32 Å². The van der Waals surface area contributed by atoms with Gasteiger partial charge in [-0.3, -0.25) is 5.32 Å². The fourth-order valence-corrected chi connectivity index (χ4v) is 2.11. The molecule has 1 amide bonds. The summed E-state index contributed by atoms with van der Waals surface area (Å²) in [7, 11) is 0. The molecule has 0 aliphatic heterocycles. The van der Waals surface area contributed by atoms with Crippen LogP contribution in [-0.4, -0.2) is 21.2 Å². The number of H-pyrrole nitrogens is 1. The molecule has 110 valence electrons. The lowest BCUT2D eigenvalue weighted by Crippen LogP contribution is -2.06. The van der Waals surface area contributed by atoms with Gasteiger partial charge < -0.3 is 10.1 Å². The number of nitrogens with zero attached hydrogens (tertiary/aromatic N) is 1. The van der Waals surface area contributed by atoms with Crippen molar-refractivity contribution in [2.24, 2.45) is 0 Å². The predicted molar refractivity (Wildman–Crippen MR) is 81.1 cm³/mol. The summed E-state index contributed by atoms with van der Waals surface area (Å²) < 4.78 is 12.9. The molecule has 1 aromatic heterocycles. The molecule has 0 spiro atoms. The summed E-state index contributed by atoms with van der Waals surface area (Å²) in [5.74, 6) is 0.314. The molecule has 0 fully saturated rings. The fraction of sp³-hybridized carbons (Fsp3) is 0. The third-order valence-electron chi connectivity index (χ3n) is 3.12. The number of carbonyl (C=O) groups is 1. The molecule has 3 aromatic rings. The maximum absolute atomic E-state index is 12.9. The molecule has 6 heteroatoms. The van der Waals surface area contributed by atoms with Crippen LogP contribution in [0.2, 0.25) is 0 Å². The molecule has 1 heterocycles. The van der Waals surface area contributed by atoms with Gasteiger partial charge in [-0.1, -0.05) is 12.1 Å². The normalized spacial score (nSPS) is 10.4. The topological polar surface area (TPSA) is 78.0 Å². The molecule has 0 aliphatic carbocycles. The smallest absolute Gasteiger partial charge is 0.409 e. The van der Waals surface area contributed by atoms with Gasteiger partial charge in [-0.25, -0.2) is 14.2 Å². The second-order valence-corrected chi connectivity index (χ2v) is 4.66. The SMILES string of the molecule is O=C(O)Nc1cccc(-c2cnc(-c3ccc(F)cc3)[nH]2)c1. The molecule has 22 heavy (non-hydrogen) atoms. The predicted octanol–water partition coefficient (Wildman–Crippen LogP) is 3.97. The summed E-state index contributed by atoms with van der Waals surface area (Å²) >= 11 is 0. The number of rotatable bonds is 3. The number of imidazole rings is 1. The Morgan fingerprint density at radius 3 is 2.64 bits per heavy atom. The fourth-order valence-electron chi connectivity index (χ4n) is 2.11. The quantitative estimate of drug-likeness (QED) is 0.684. The number of anilines is 1. The number of carboxylic acid groups (broad SMARTS) is 1. The standard InChI is InChI=1S/C16H12FN3O2/c17-12-6-4-10(5-7-12)15-18-9-14(20-15)11-2-1-3-13(8-11)19-16(21)22/h1-9,19H,(H,18,20)(H,21,22). The number of amides is 1. The molecule has 0 saturated carbocycles. The van der Waals surface area contributed by atoms with Gasteiger partial charge in [0.15, 0.2) is 0 Å². The lowest BCUT2D eigenvalue weighted by Gasteiger charge is -2.03. The van der Waals surface area contributed by atoms with E-state index in [-0.39, 0.29) is 5.82 Å². The Labute approximate surface area is 125 Å². The van der Waals surface area contributed by atoms with Gasteiger partial charge in [-0.15, -0.1) is 0 Å². The van der Waals surface area contributed by atoms with Gasteiger partial charge in [0.25, 0.3) is 0 Å². The molecule has 0 aliphatic rings. The van der Waals surface area contributed by atoms with Crippen LogP contribution in [0.1, 0.15) is 0 Å². The Hall–Kier alpha value is -3.15. The van der Waals surface area contributed by atoms with Crippen LogP contribution in [0.5, 0.6) is 0 Å². The highest BCUT2D eigenvalue weighted by molar-refractivity contribution is 5.84. The monoisotopic (exact) mass is 297 g/mol. The van der Waals surface area contributed by atoms with Crippen molar-refractivity contribution < 1.29 is 14.3 Å². The Morgan fingerprint density at radius 1 is 1.14 bits per heavy atom. The maximum atomic E-state index is 12.9. The van der Waals surface area contributed by atoms with Crippen molar-refractivity contribution in [1.82, 2.24) is 9.97 Å². The first-order valence-electron chi connectivity index (χ1n) is 6.53. The second-order valence-electron chi connectivity index (χ2n) is 4.66. The Kier molecular flexibility index (Phi) is 3.57. The molecule has 3 rings (SSSR count). The molecule has 3 N–H and O–H groups in total. The number of hydrogen-bond donors (Lipinski definition) is 3. The van der Waals surface area contributed by atoms with Crippen LogP contribution in [0.25, 0.3) is 22.6 Å². The van der Waals surface area contributed by atoms with Crippen LogP contribution >= 0.6 is 0 Å². The van der Waals surface area contributed by atoms with E-state index in [2.05, 4.69) is 15.3 Å². The molecule has 0 unspecified atom stereocenters. The zero-order chi connectivity index (χ0) is 15.5. The number of aromatic amines is 1. The van der Waals surface area contributed by atoms with Gasteiger partial charge in [-0.05, 0) is 36.4 Å². The summed E-state index contributed by atoms with van der Waals surface area (Å²) in [6.45, 7) is 0. The first kappa shape index (κ1) is 13.8. The van der Waals surface area contributed by atoms with Crippen LogP contribution < -0.4 is 5.32 Å². The van der Waals surface area contributed by atoms with Gasteiger partial charge in [0, 0.05) is 16.8 Å². The number of halogens is 1. The first-order valence-corrected chi connectivity index (χ1v) is 6.53. The van der Waals surface area contributed by atoms with Gasteiger partial charge >= 0.3 is 6.09 Å². The van der Waals surface area contributed by atoms with E-state index in [0.29, 0.717) is 11.5 Å². The molecule has 0 bridgehead atoms. The van der Waals surface area contributed by atoms with Crippen LogP contribution in [0.3, 0.4) is 0 Å². The summed E-state index contributed by atoms with van der Waals surface area (Å²) in [5, 5.41) is 11.0. The van der Waals surface area contributed by atoms with E-state index < -0.39 is 6.09 Å². The maximum Gasteiger partial charge on any atom is 0.409 e. The minimum absolute atomic E-state index is 0.303. The van der Waals surface area contributed by atoms with Crippen molar-refractivity contribution in [3.63, 3.8) is 0 Å². The molecule has 5 nitrogen and oxygen atoms in total. The zero-order valence-electron chi connectivity index (χ0n) is 11.4. The number of benzene rings is 2. The van der Waals surface area contributed by atoms with E-state index in [1.807, 2.05) is 6.07 Å². The van der Waals surface area contributed by atoms with Gasteiger partial charge in [0.1, 0.15) is 11.6 Å². The van der Waals surface area contributed by atoms with Crippen LogP contribution in [0.4, 0.5) is 14.9 Å². The average Bonchev–Trinajstić information content (AvgIpc) is 2.97. The molecular weight excluding hydrogens is 285 g/mol. The Bertz CT molecular complexity index is 812. The third-order valence-corrected chi connectivity index (χ3v) is 3.12. The van der Waals surface area contributed by atoms with Crippen LogP contribution in [0, 0.1) is 5.82 Å². The number of aromatic nitrogens is 2. The zero-order valence-corrected chi connectivity index (χ0v) is 11.4. The Morgan fingerprint density at radius 2 is 1.91 bits per heavy atom. The molecular formula is C16H12FN3O2. The second kappa shape index (κ2) is 5.69. The molecule has 0 saturated heterocycles. The van der Waals surface area contributed by atoms with E-state index in [4.69, 9.17) is 5.11 Å². The van der Waals surface area contributed by atoms with Crippen molar-refractivity contribution in [3.8, 4) is 22.6 Å². The first-order chi connectivity index (χ1) is 10.6. The van der Waals surface area contributed by atoms with Crippen molar-refractivity contribution in [2.45, 2.75) is 0 Å². The summed E-state index contributed by atoms with van der Waals surface area (Å²) in [6.07, 6.45) is 0.534. The highest BCUT2D eigenvalue weighted by Crippen LogP contribution is 2.24. The van der Waals surface area contributed by atoms with Crippen molar-refractivity contribution >= 4 is 11.8 Å². The van der Waals surface area contributed by atoms with Crippen LogP contribution in [-0.2, 0) is 0 Å². The van der Waals surface area contributed by atoms with E-state index in [1.165, 1.54) is 12.1 Å². The van der Waals surface area contributed by atoms with Gasteiger partial charge in [0.2, 0.25) is 0 Å².